The maximum absolute atomic E-state index is 11.5. The summed E-state index contributed by atoms with van der Waals surface area (Å²) >= 11 is 0. The highest BCUT2D eigenvalue weighted by Gasteiger charge is 2.41. The topological polar surface area (TPSA) is 46.5 Å². The van der Waals surface area contributed by atoms with Gasteiger partial charge in [-0.15, -0.1) is 0 Å². The summed E-state index contributed by atoms with van der Waals surface area (Å²) in [4.78, 5) is 11.5. The van der Waals surface area contributed by atoms with Gasteiger partial charge in [0.15, 0.2) is 0 Å². The van der Waals surface area contributed by atoms with Gasteiger partial charge in [-0.25, -0.2) is 0 Å². The third kappa shape index (κ3) is 4.30. The van der Waals surface area contributed by atoms with Crippen LogP contribution in [-0.4, -0.2) is 24.3 Å². The van der Waals surface area contributed by atoms with Gasteiger partial charge in [-0.1, -0.05) is 33.6 Å². The van der Waals surface area contributed by atoms with Gasteiger partial charge in [-0.05, 0) is 31.1 Å². The average Bonchev–Trinajstić information content (AvgIpc) is 2.24. The van der Waals surface area contributed by atoms with Gasteiger partial charge in [0.25, 0.3) is 0 Å². The molecule has 1 aliphatic carbocycles. The first-order valence-electron chi connectivity index (χ1n) is 6.77. The monoisotopic (exact) mass is 242 g/mol. The predicted octanol–water partition coefficient (Wildman–Crippen LogP) is 3.33. The third-order valence-electron chi connectivity index (χ3n) is 3.72. The second-order valence-electron chi connectivity index (χ2n) is 6.01. The van der Waals surface area contributed by atoms with E-state index in [1.165, 1.54) is 6.42 Å². The lowest BCUT2D eigenvalue weighted by molar-refractivity contribution is -0.153. The van der Waals surface area contributed by atoms with Crippen molar-refractivity contribution in [2.24, 2.45) is 17.3 Å². The average molecular weight is 242 g/mol. The quantitative estimate of drug-likeness (QED) is 0.727. The van der Waals surface area contributed by atoms with E-state index in [-0.39, 0.29) is 0 Å². The van der Waals surface area contributed by atoms with E-state index < -0.39 is 11.4 Å². The molecule has 1 aliphatic rings. The van der Waals surface area contributed by atoms with E-state index in [1.54, 1.807) is 0 Å². The molecule has 0 saturated heterocycles. The number of hydrogen-bond donors (Lipinski definition) is 1. The Kier molecular flexibility index (Phi) is 5.44. The number of carboxylic acids is 1. The minimum absolute atomic E-state index is 0.515. The Morgan fingerprint density at radius 2 is 2.24 bits per heavy atom. The summed E-state index contributed by atoms with van der Waals surface area (Å²) in [7, 11) is 0. The maximum atomic E-state index is 11.5. The fourth-order valence-corrected chi connectivity index (χ4v) is 2.77. The minimum atomic E-state index is -0.628. The van der Waals surface area contributed by atoms with Crippen molar-refractivity contribution < 1.29 is 14.6 Å². The van der Waals surface area contributed by atoms with Crippen LogP contribution in [0.5, 0.6) is 0 Å². The van der Waals surface area contributed by atoms with Crippen molar-refractivity contribution in [3.8, 4) is 0 Å². The first-order chi connectivity index (χ1) is 7.96. The van der Waals surface area contributed by atoms with Crippen LogP contribution in [0.3, 0.4) is 0 Å². The van der Waals surface area contributed by atoms with Crippen molar-refractivity contribution in [3.05, 3.63) is 0 Å². The molecule has 0 aromatic rings. The van der Waals surface area contributed by atoms with E-state index in [9.17, 15) is 9.90 Å². The van der Waals surface area contributed by atoms with Gasteiger partial charge in [0, 0.05) is 13.2 Å². The summed E-state index contributed by atoms with van der Waals surface area (Å²) in [6.45, 7) is 7.68. The Morgan fingerprint density at radius 3 is 2.76 bits per heavy atom. The standard InChI is InChI=1S/C14H26O3/c1-11(2)10-17-8-7-14(13(15)16)6-4-5-12(3)9-14/h11-12H,4-10H2,1-3H3,(H,15,16). The molecule has 1 saturated carbocycles. The second-order valence-corrected chi connectivity index (χ2v) is 6.01. The molecule has 3 heteroatoms. The summed E-state index contributed by atoms with van der Waals surface area (Å²) in [6, 6.07) is 0. The van der Waals surface area contributed by atoms with Gasteiger partial charge in [-0.3, -0.25) is 4.79 Å². The van der Waals surface area contributed by atoms with Gasteiger partial charge in [0.05, 0.1) is 5.41 Å². The molecule has 0 spiro atoms. The van der Waals surface area contributed by atoms with Crippen LogP contribution >= 0.6 is 0 Å². The molecule has 0 radical (unpaired) electrons. The first kappa shape index (κ1) is 14.5. The molecule has 0 amide bonds. The van der Waals surface area contributed by atoms with Crippen molar-refractivity contribution >= 4 is 5.97 Å². The van der Waals surface area contributed by atoms with Gasteiger partial charge < -0.3 is 9.84 Å². The zero-order valence-electron chi connectivity index (χ0n) is 11.4. The van der Waals surface area contributed by atoms with E-state index in [4.69, 9.17) is 4.74 Å². The van der Waals surface area contributed by atoms with Crippen LogP contribution in [-0.2, 0) is 9.53 Å². The molecule has 100 valence electrons. The maximum Gasteiger partial charge on any atom is 0.309 e. The first-order valence-corrected chi connectivity index (χ1v) is 6.77. The van der Waals surface area contributed by atoms with Crippen LogP contribution in [0.1, 0.15) is 52.9 Å². The zero-order chi connectivity index (χ0) is 12.9. The molecular formula is C14H26O3. The summed E-state index contributed by atoms with van der Waals surface area (Å²) < 4.78 is 5.54. The van der Waals surface area contributed by atoms with Crippen LogP contribution in [0.15, 0.2) is 0 Å². The van der Waals surface area contributed by atoms with Gasteiger partial charge in [0.2, 0.25) is 0 Å². The molecule has 2 unspecified atom stereocenters. The van der Waals surface area contributed by atoms with Crippen molar-refractivity contribution in [2.45, 2.75) is 52.9 Å². The van der Waals surface area contributed by atoms with Gasteiger partial charge in [-0.2, -0.15) is 0 Å². The molecule has 1 fully saturated rings. The number of carboxylic acid groups (broad SMARTS) is 1. The number of aliphatic carboxylic acids is 1. The fourth-order valence-electron chi connectivity index (χ4n) is 2.77. The summed E-state index contributed by atoms with van der Waals surface area (Å²) in [5.74, 6) is 0.420. The molecule has 0 heterocycles. The van der Waals surface area contributed by atoms with Crippen molar-refractivity contribution in [1.29, 1.82) is 0 Å². The summed E-state index contributed by atoms with van der Waals surface area (Å²) in [6.07, 6.45) is 4.50. The van der Waals surface area contributed by atoms with Crippen LogP contribution in [0.2, 0.25) is 0 Å². The van der Waals surface area contributed by atoms with E-state index in [0.717, 1.165) is 25.9 Å². The minimum Gasteiger partial charge on any atom is -0.481 e. The molecule has 0 bridgehead atoms. The van der Waals surface area contributed by atoms with E-state index in [1.807, 2.05) is 0 Å². The molecule has 0 aromatic carbocycles. The Hall–Kier alpha value is -0.570. The molecule has 3 nitrogen and oxygen atoms in total. The Morgan fingerprint density at radius 1 is 1.53 bits per heavy atom. The van der Waals surface area contributed by atoms with Crippen molar-refractivity contribution in [3.63, 3.8) is 0 Å². The Labute approximate surface area is 105 Å². The van der Waals surface area contributed by atoms with Crippen LogP contribution < -0.4 is 0 Å². The number of hydrogen-bond acceptors (Lipinski definition) is 2. The molecular weight excluding hydrogens is 216 g/mol. The second kappa shape index (κ2) is 6.39. The highest BCUT2D eigenvalue weighted by atomic mass is 16.5. The number of carbonyl (C=O) groups is 1. The largest absolute Gasteiger partial charge is 0.481 e. The lowest BCUT2D eigenvalue weighted by atomic mass is 9.68. The SMILES string of the molecule is CC(C)COCCC1(C(=O)O)CCCC(C)C1. The highest BCUT2D eigenvalue weighted by molar-refractivity contribution is 5.74. The highest BCUT2D eigenvalue weighted by Crippen LogP contribution is 2.42. The van der Waals surface area contributed by atoms with E-state index in [0.29, 0.717) is 24.9 Å². The number of ether oxygens (including phenoxy) is 1. The molecule has 2 atom stereocenters. The Bertz CT molecular complexity index is 250. The Balaban J connectivity index is 2.45. The molecule has 0 aliphatic heterocycles. The fraction of sp³-hybridized carbons (Fsp3) is 0.929. The summed E-state index contributed by atoms with van der Waals surface area (Å²) in [5.41, 5.74) is -0.519. The van der Waals surface area contributed by atoms with Crippen molar-refractivity contribution in [1.82, 2.24) is 0 Å². The van der Waals surface area contributed by atoms with Gasteiger partial charge in [0.1, 0.15) is 0 Å². The number of rotatable bonds is 6. The van der Waals surface area contributed by atoms with Crippen molar-refractivity contribution in [2.75, 3.05) is 13.2 Å². The smallest absolute Gasteiger partial charge is 0.309 e. The van der Waals surface area contributed by atoms with Crippen LogP contribution in [0.25, 0.3) is 0 Å². The summed E-state index contributed by atoms with van der Waals surface area (Å²) in [5, 5.41) is 9.46. The lowest BCUT2D eigenvalue weighted by Gasteiger charge is -2.36. The molecule has 1 N–H and O–H groups in total. The van der Waals surface area contributed by atoms with Crippen LogP contribution in [0, 0.1) is 17.3 Å². The van der Waals surface area contributed by atoms with E-state index >= 15 is 0 Å². The predicted molar refractivity (Wildman–Crippen MR) is 68.0 cm³/mol. The zero-order valence-corrected chi connectivity index (χ0v) is 11.4. The van der Waals surface area contributed by atoms with E-state index in [2.05, 4.69) is 20.8 Å². The third-order valence-corrected chi connectivity index (χ3v) is 3.72. The molecule has 1 rings (SSSR count). The lowest BCUT2D eigenvalue weighted by Crippen LogP contribution is -2.37. The molecule has 0 aromatic heterocycles. The van der Waals surface area contributed by atoms with Crippen LogP contribution in [0.4, 0.5) is 0 Å². The normalized spacial score (nSPS) is 29.5. The van der Waals surface area contributed by atoms with Gasteiger partial charge >= 0.3 is 5.97 Å². The molecule has 17 heavy (non-hydrogen) atoms.